The maximum Gasteiger partial charge on any atom is 0.357 e. The van der Waals surface area contributed by atoms with Gasteiger partial charge in [0, 0.05) is 5.69 Å². The van der Waals surface area contributed by atoms with Crippen molar-refractivity contribution in [2.75, 3.05) is 0 Å². The molecule has 0 atom stereocenters. The number of hydrogen-bond acceptors (Lipinski definition) is 3. The Morgan fingerprint density at radius 1 is 1.22 bits per heavy atom. The number of nitrogens with zero attached hydrogens (tertiary/aromatic N) is 2. The molecule has 0 aliphatic rings. The summed E-state index contributed by atoms with van der Waals surface area (Å²) in [5.41, 5.74) is 2.97. The van der Waals surface area contributed by atoms with Crippen molar-refractivity contribution in [3.05, 3.63) is 83.7 Å². The number of halogens is 1. The SMILES string of the molecule is Cc1cccc(COC(=O)c2cncn2-c2ccc(F)cc2)c1. The highest BCUT2D eigenvalue weighted by atomic mass is 19.1. The van der Waals surface area contributed by atoms with Crippen LogP contribution in [0.3, 0.4) is 0 Å². The van der Waals surface area contributed by atoms with E-state index in [9.17, 15) is 9.18 Å². The third-order valence-electron chi connectivity index (χ3n) is 3.40. The van der Waals surface area contributed by atoms with E-state index in [4.69, 9.17) is 4.74 Å². The molecule has 3 aromatic rings. The predicted octanol–water partition coefficient (Wildman–Crippen LogP) is 3.68. The molecule has 0 saturated heterocycles. The van der Waals surface area contributed by atoms with Gasteiger partial charge in [-0.1, -0.05) is 29.8 Å². The molecule has 23 heavy (non-hydrogen) atoms. The molecule has 3 rings (SSSR count). The Morgan fingerprint density at radius 2 is 2.00 bits per heavy atom. The van der Waals surface area contributed by atoms with Gasteiger partial charge >= 0.3 is 5.97 Å². The smallest absolute Gasteiger partial charge is 0.357 e. The standard InChI is InChI=1S/C18H15FN2O2/c1-13-3-2-4-14(9-13)11-23-18(22)17-10-20-12-21(17)16-7-5-15(19)6-8-16/h2-10,12H,11H2,1H3. The average Bonchev–Trinajstić information content (AvgIpc) is 3.03. The molecular weight excluding hydrogens is 295 g/mol. The Hall–Kier alpha value is -2.95. The second kappa shape index (κ2) is 6.44. The minimum Gasteiger partial charge on any atom is -0.456 e. The van der Waals surface area contributed by atoms with E-state index < -0.39 is 5.97 Å². The van der Waals surface area contributed by atoms with Crippen LogP contribution < -0.4 is 0 Å². The van der Waals surface area contributed by atoms with Gasteiger partial charge in [-0.25, -0.2) is 14.2 Å². The molecule has 0 unspecified atom stereocenters. The van der Waals surface area contributed by atoms with Gasteiger partial charge in [0.15, 0.2) is 5.69 Å². The lowest BCUT2D eigenvalue weighted by atomic mass is 10.1. The Morgan fingerprint density at radius 3 is 2.74 bits per heavy atom. The normalized spacial score (nSPS) is 10.5. The molecule has 116 valence electrons. The van der Waals surface area contributed by atoms with Gasteiger partial charge < -0.3 is 4.74 Å². The molecule has 0 radical (unpaired) electrons. The van der Waals surface area contributed by atoms with E-state index in [-0.39, 0.29) is 12.4 Å². The van der Waals surface area contributed by atoms with Crippen molar-refractivity contribution in [3.8, 4) is 5.69 Å². The van der Waals surface area contributed by atoms with E-state index in [1.165, 1.54) is 24.7 Å². The molecule has 4 nitrogen and oxygen atoms in total. The minimum atomic E-state index is -0.478. The molecule has 0 amide bonds. The Kier molecular flexibility index (Phi) is 4.19. The van der Waals surface area contributed by atoms with Gasteiger partial charge in [-0.15, -0.1) is 0 Å². The maximum atomic E-state index is 13.0. The van der Waals surface area contributed by atoms with E-state index in [0.717, 1.165) is 11.1 Å². The second-order valence-corrected chi connectivity index (χ2v) is 5.19. The number of ether oxygens (including phenoxy) is 1. The number of benzene rings is 2. The van der Waals surface area contributed by atoms with Crippen LogP contribution in [-0.2, 0) is 11.3 Å². The summed E-state index contributed by atoms with van der Waals surface area (Å²) in [5, 5.41) is 0. The summed E-state index contributed by atoms with van der Waals surface area (Å²) in [6.45, 7) is 2.17. The van der Waals surface area contributed by atoms with E-state index >= 15 is 0 Å². The Labute approximate surface area is 133 Å². The fourth-order valence-electron chi connectivity index (χ4n) is 2.28. The summed E-state index contributed by atoms with van der Waals surface area (Å²) >= 11 is 0. The number of carbonyl (C=O) groups is 1. The number of hydrogen-bond donors (Lipinski definition) is 0. The number of imidazole rings is 1. The van der Waals surface area contributed by atoms with Crippen molar-refractivity contribution >= 4 is 5.97 Å². The van der Waals surface area contributed by atoms with Crippen molar-refractivity contribution in [2.45, 2.75) is 13.5 Å². The van der Waals surface area contributed by atoms with E-state index in [1.54, 1.807) is 16.7 Å². The first kappa shape index (κ1) is 15.0. The van der Waals surface area contributed by atoms with Crippen molar-refractivity contribution in [1.29, 1.82) is 0 Å². The highest BCUT2D eigenvalue weighted by Crippen LogP contribution is 2.14. The third kappa shape index (κ3) is 3.45. The molecule has 0 aliphatic carbocycles. The second-order valence-electron chi connectivity index (χ2n) is 5.19. The van der Waals surface area contributed by atoms with Gasteiger partial charge in [0.1, 0.15) is 12.4 Å². The van der Waals surface area contributed by atoms with Crippen LogP contribution in [0.25, 0.3) is 5.69 Å². The van der Waals surface area contributed by atoms with Crippen LogP contribution in [0.4, 0.5) is 4.39 Å². The maximum absolute atomic E-state index is 13.0. The molecule has 1 aromatic heterocycles. The zero-order valence-corrected chi connectivity index (χ0v) is 12.6. The minimum absolute atomic E-state index is 0.190. The zero-order valence-electron chi connectivity index (χ0n) is 12.6. The van der Waals surface area contributed by atoms with Crippen LogP contribution in [0.15, 0.2) is 61.1 Å². The fraction of sp³-hybridized carbons (Fsp3) is 0.111. The molecule has 0 spiro atoms. The third-order valence-corrected chi connectivity index (χ3v) is 3.40. The first-order valence-corrected chi connectivity index (χ1v) is 7.14. The monoisotopic (exact) mass is 310 g/mol. The van der Waals surface area contributed by atoms with Gasteiger partial charge in [0.25, 0.3) is 0 Å². The number of aryl methyl sites for hydroxylation is 1. The average molecular weight is 310 g/mol. The predicted molar refractivity (Wildman–Crippen MR) is 83.8 cm³/mol. The Bertz CT molecular complexity index is 825. The lowest BCUT2D eigenvalue weighted by Crippen LogP contribution is -2.10. The lowest BCUT2D eigenvalue weighted by Gasteiger charge is -2.09. The molecule has 0 aliphatic heterocycles. The van der Waals surface area contributed by atoms with Crippen molar-refractivity contribution in [2.24, 2.45) is 0 Å². The zero-order chi connectivity index (χ0) is 16.2. The summed E-state index contributed by atoms with van der Waals surface area (Å²) in [6.07, 6.45) is 2.93. The van der Waals surface area contributed by atoms with E-state index in [2.05, 4.69) is 4.98 Å². The first-order chi connectivity index (χ1) is 11.1. The summed E-state index contributed by atoms with van der Waals surface area (Å²) < 4.78 is 19.9. The van der Waals surface area contributed by atoms with Crippen LogP contribution in [0.2, 0.25) is 0 Å². The molecule has 5 heteroatoms. The van der Waals surface area contributed by atoms with Crippen LogP contribution in [-0.4, -0.2) is 15.5 Å². The van der Waals surface area contributed by atoms with Crippen LogP contribution in [0, 0.1) is 12.7 Å². The molecule has 0 saturated carbocycles. The van der Waals surface area contributed by atoms with Crippen LogP contribution in [0.5, 0.6) is 0 Å². The van der Waals surface area contributed by atoms with Gasteiger partial charge in [-0.3, -0.25) is 4.57 Å². The topological polar surface area (TPSA) is 44.1 Å². The van der Waals surface area contributed by atoms with Crippen LogP contribution >= 0.6 is 0 Å². The fourth-order valence-corrected chi connectivity index (χ4v) is 2.28. The summed E-state index contributed by atoms with van der Waals surface area (Å²) in [7, 11) is 0. The molecule has 2 aromatic carbocycles. The first-order valence-electron chi connectivity index (χ1n) is 7.14. The van der Waals surface area contributed by atoms with Gasteiger partial charge in [0.2, 0.25) is 0 Å². The van der Waals surface area contributed by atoms with Crippen molar-refractivity contribution in [1.82, 2.24) is 9.55 Å². The number of rotatable bonds is 4. The number of aromatic nitrogens is 2. The lowest BCUT2D eigenvalue weighted by molar-refractivity contribution is 0.0463. The van der Waals surface area contributed by atoms with E-state index in [0.29, 0.717) is 11.4 Å². The van der Waals surface area contributed by atoms with Gasteiger partial charge in [-0.05, 0) is 36.8 Å². The highest BCUT2D eigenvalue weighted by Gasteiger charge is 2.14. The number of carbonyl (C=O) groups excluding carboxylic acids is 1. The van der Waals surface area contributed by atoms with Crippen LogP contribution in [0.1, 0.15) is 21.6 Å². The molecule has 1 heterocycles. The Balaban J connectivity index is 1.76. The highest BCUT2D eigenvalue weighted by molar-refractivity contribution is 5.88. The summed E-state index contributed by atoms with van der Waals surface area (Å²) in [5.74, 6) is -0.814. The van der Waals surface area contributed by atoms with Gasteiger partial charge in [-0.2, -0.15) is 0 Å². The quantitative estimate of drug-likeness (QED) is 0.691. The molecule has 0 fully saturated rings. The summed E-state index contributed by atoms with van der Waals surface area (Å²) in [6, 6.07) is 13.6. The van der Waals surface area contributed by atoms with Gasteiger partial charge in [0.05, 0.1) is 12.5 Å². The summed E-state index contributed by atoms with van der Waals surface area (Å²) in [4.78, 5) is 16.2. The molecule has 0 N–H and O–H groups in total. The van der Waals surface area contributed by atoms with Crippen molar-refractivity contribution < 1.29 is 13.9 Å². The molecular formula is C18H15FN2O2. The number of esters is 1. The van der Waals surface area contributed by atoms with Crippen molar-refractivity contribution in [3.63, 3.8) is 0 Å². The van der Waals surface area contributed by atoms with E-state index in [1.807, 2.05) is 31.2 Å². The molecule has 0 bridgehead atoms. The largest absolute Gasteiger partial charge is 0.456 e.